The maximum atomic E-state index is 12.5. The molecule has 0 fully saturated rings. The Morgan fingerprint density at radius 2 is 2.11 bits per heavy atom. The Balaban J connectivity index is 2.24. The third-order valence-corrected chi connectivity index (χ3v) is 3.05. The first-order chi connectivity index (χ1) is 9.00. The fraction of sp³-hybridized carbons (Fsp3) is 0.167. The summed E-state index contributed by atoms with van der Waals surface area (Å²) in [5, 5.41) is 10.6. The van der Waals surface area contributed by atoms with Crippen LogP contribution in [0.15, 0.2) is 29.6 Å². The summed E-state index contributed by atoms with van der Waals surface area (Å²) in [7, 11) is 0. The second-order valence-corrected chi connectivity index (χ2v) is 4.56. The zero-order chi connectivity index (χ0) is 13.9. The zero-order valence-electron chi connectivity index (χ0n) is 9.44. The molecule has 0 aromatic carbocycles. The van der Waals surface area contributed by atoms with Gasteiger partial charge in [0.05, 0.1) is 0 Å². The van der Waals surface area contributed by atoms with E-state index < -0.39 is 11.9 Å². The van der Waals surface area contributed by atoms with Crippen molar-refractivity contribution >= 4 is 11.3 Å². The summed E-state index contributed by atoms with van der Waals surface area (Å²) in [4.78, 5) is 4.19. The van der Waals surface area contributed by atoms with Crippen LogP contribution >= 0.6 is 11.3 Å². The van der Waals surface area contributed by atoms with Crippen molar-refractivity contribution in [2.24, 2.45) is 0 Å². The molecule has 3 nitrogen and oxygen atoms in total. The summed E-state index contributed by atoms with van der Waals surface area (Å²) in [5.74, 6) is -0.300. The van der Waals surface area contributed by atoms with E-state index in [-0.39, 0.29) is 18.1 Å². The number of thiophene rings is 1. The Bertz CT molecular complexity index is 602. The van der Waals surface area contributed by atoms with Crippen molar-refractivity contribution < 1.29 is 17.9 Å². The van der Waals surface area contributed by atoms with Gasteiger partial charge in [-0.25, -0.2) is 4.98 Å². The SMILES string of the molecule is N#Cc1ccc(C(F)(F)F)nc1OCc1cccs1. The van der Waals surface area contributed by atoms with Gasteiger partial charge in [-0.3, -0.25) is 0 Å². The van der Waals surface area contributed by atoms with Crippen molar-refractivity contribution in [3.8, 4) is 11.9 Å². The van der Waals surface area contributed by atoms with Gasteiger partial charge in [0, 0.05) is 4.88 Å². The average molecular weight is 284 g/mol. The Morgan fingerprint density at radius 1 is 1.32 bits per heavy atom. The predicted molar refractivity (Wildman–Crippen MR) is 62.6 cm³/mol. The van der Waals surface area contributed by atoms with Crippen LogP contribution in [-0.2, 0) is 12.8 Å². The summed E-state index contributed by atoms with van der Waals surface area (Å²) in [5.41, 5.74) is -1.10. The van der Waals surface area contributed by atoms with E-state index in [1.807, 2.05) is 5.38 Å². The van der Waals surface area contributed by atoms with Gasteiger partial charge < -0.3 is 4.74 Å². The van der Waals surface area contributed by atoms with E-state index >= 15 is 0 Å². The second-order valence-electron chi connectivity index (χ2n) is 3.53. The smallest absolute Gasteiger partial charge is 0.433 e. The lowest BCUT2D eigenvalue weighted by molar-refractivity contribution is -0.141. The van der Waals surface area contributed by atoms with Gasteiger partial charge in [-0.2, -0.15) is 18.4 Å². The molecule has 0 aliphatic rings. The molecule has 0 unspecified atom stereocenters. The molecule has 0 N–H and O–H groups in total. The molecule has 0 aliphatic carbocycles. The van der Waals surface area contributed by atoms with Crippen molar-refractivity contribution in [2.75, 3.05) is 0 Å². The number of pyridine rings is 1. The number of aromatic nitrogens is 1. The molecule has 98 valence electrons. The van der Waals surface area contributed by atoms with Crippen LogP contribution in [0.3, 0.4) is 0 Å². The zero-order valence-corrected chi connectivity index (χ0v) is 10.3. The third-order valence-electron chi connectivity index (χ3n) is 2.20. The average Bonchev–Trinajstić information content (AvgIpc) is 2.88. The van der Waals surface area contributed by atoms with Crippen LogP contribution in [0.2, 0.25) is 0 Å². The molecule has 0 atom stereocenters. The lowest BCUT2D eigenvalue weighted by Crippen LogP contribution is -2.09. The molecule has 2 aromatic rings. The largest absolute Gasteiger partial charge is 0.471 e. The highest BCUT2D eigenvalue weighted by Crippen LogP contribution is 2.30. The van der Waals surface area contributed by atoms with Gasteiger partial charge >= 0.3 is 6.18 Å². The molecule has 2 rings (SSSR count). The fourth-order valence-corrected chi connectivity index (χ4v) is 1.94. The minimum atomic E-state index is -4.56. The lowest BCUT2D eigenvalue weighted by Gasteiger charge is -2.09. The van der Waals surface area contributed by atoms with Gasteiger partial charge in [0.15, 0.2) is 0 Å². The Labute approximate surface area is 110 Å². The van der Waals surface area contributed by atoms with Crippen molar-refractivity contribution in [1.82, 2.24) is 4.98 Å². The third kappa shape index (κ3) is 3.23. The van der Waals surface area contributed by atoms with E-state index in [1.165, 1.54) is 11.3 Å². The van der Waals surface area contributed by atoms with E-state index in [0.29, 0.717) is 0 Å². The molecule has 2 aromatic heterocycles. The maximum absolute atomic E-state index is 12.5. The van der Waals surface area contributed by atoms with E-state index in [0.717, 1.165) is 17.0 Å². The number of hydrogen-bond donors (Lipinski definition) is 0. The molecule has 19 heavy (non-hydrogen) atoms. The number of nitrogens with zero attached hydrogens (tertiary/aromatic N) is 2. The van der Waals surface area contributed by atoms with Gasteiger partial charge in [-0.15, -0.1) is 11.3 Å². The van der Waals surface area contributed by atoms with Crippen LogP contribution in [0, 0.1) is 11.3 Å². The van der Waals surface area contributed by atoms with Crippen LogP contribution in [0.25, 0.3) is 0 Å². The molecule has 0 aliphatic heterocycles. The number of ether oxygens (including phenoxy) is 1. The Kier molecular flexibility index (Phi) is 3.71. The van der Waals surface area contributed by atoms with E-state index in [9.17, 15) is 13.2 Å². The van der Waals surface area contributed by atoms with E-state index in [1.54, 1.807) is 18.2 Å². The molecular formula is C12H7F3N2OS. The quantitative estimate of drug-likeness (QED) is 0.865. The maximum Gasteiger partial charge on any atom is 0.433 e. The fourth-order valence-electron chi connectivity index (χ4n) is 1.33. The van der Waals surface area contributed by atoms with Crippen molar-refractivity contribution in [3.63, 3.8) is 0 Å². The van der Waals surface area contributed by atoms with Crippen LogP contribution in [-0.4, -0.2) is 4.98 Å². The normalized spacial score (nSPS) is 11.1. The first-order valence-electron chi connectivity index (χ1n) is 5.14. The molecule has 0 spiro atoms. The Morgan fingerprint density at radius 3 is 2.68 bits per heavy atom. The number of nitriles is 1. The van der Waals surface area contributed by atoms with Crippen molar-refractivity contribution in [3.05, 3.63) is 45.8 Å². The standard InChI is InChI=1S/C12H7F3N2OS/c13-12(14,15)10-4-3-8(6-16)11(17-10)18-7-9-2-1-5-19-9/h1-5H,7H2. The minimum Gasteiger partial charge on any atom is -0.471 e. The monoisotopic (exact) mass is 284 g/mol. The minimum absolute atomic E-state index is 0.0236. The van der Waals surface area contributed by atoms with Crippen LogP contribution < -0.4 is 4.74 Å². The summed E-state index contributed by atoms with van der Waals surface area (Å²) in [6, 6.07) is 7.15. The van der Waals surface area contributed by atoms with Crippen molar-refractivity contribution in [2.45, 2.75) is 12.8 Å². The van der Waals surface area contributed by atoms with Gasteiger partial charge in [0.2, 0.25) is 5.88 Å². The van der Waals surface area contributed by atoms with Crippen molar-refractivity contribution in [1.29, 1.82) is 5.26 Å². The summed E-state index contributed by atoms with van der Waals surface area (Å²) in [6.45, 7) is 0.0840. The van der Waals surface area contributed by atoms with Gasteiger partial charge in [-0.05, 0) is 23.6 Å². The molecule has 0 radical (unpaired) electrons. The molecule has 0 saturated heterocycles. The second kappa shape index (κ2) is 5.28. The van der Waals surface area contributed by atoms with Crippen LogP contribution in [0.5, 0.6) is 5.88 Å². The van der Waals surface area contributed by atoms with E-state index in [4.69, 9.17) is 10.00 Å². The summed E-state index contributed by atoms with van der Waals surface area (Å²) >= 11 is 1.41. The first kappa shape index (κ1) is 13.4. The molecular weight excluding hydrogens is 277 g/mol. The Hall–Kier alpha value is -2.07. The molecule has 0 saturated carbocycles. The van der Waals surface area contributed by atoms with Gasteiger partial charge in [-0.1, -0.05) is 6.07 Å². The van der Waals surface area contributed by atoms with Crippen LogP contribution in [0.4, 0.5) is 13.2 Å². The number of halogens is 3. The van der Waals surface area contributed by atoms with E-state index in [2.05, 4.69) is 4.98 Å². The predicted octanol–water partition coefficient (Wildman–Crippen LogP) is 3.61. The highest BCUT2D eigenvalue weighted by atomic mass is 32.1. The first-order valence-corrected chi connectivity index (χ1v) is 6.02. The highest BCUT2D eigenvalue weighted by molar-refractivity contribution is 7.09. The molecule has 0 amide bonds. The lowest BCUT2D eigenvalue weighted by atomic mass is 10.2. The molecule has 2 heterocycles. The van der Waals surface area contributed by atoms with Gasteiger partial charge in [0.1, 0.15) is 23.9 Å². The summed E-state index contributed by atoms with van der Waals surface area (Å²) < 4.78 is 42.7. The number of hydrogen-bond acceptors (Lipinski definition) is 4. The molecule has 0 bridgehead atoms. The summed E-state index contributed by atoms with van der Waals surface area (Å²) in [6.07, 6.45) is -4.56. The number of rotatable bonds is 3. The van der Waals surface area contributed by atoms with Gasteiger partial charge in [0.25, 0.3) is 0 Å². The highest BCUT2D eigenvalue weighted by Gasteiger charge is 2.33. The number of alkyl halides is 3. The van der Waals surface area contributed by atoms with Crippen LogP contribution in [0.1, 0.15) is 16.1 Å². The molecule has 7 heteroatoms. The topological polar surface area (TPSA) is 45.9 Å².